The van der Waals surface area contributed by atoms with Crippen LogP contribution in [0.4, 0.5) is 0 Å². The minimum absolute atomic E-state index is 0.249. The number of aromatic nitrogens is 1. The van der Waals surface area contributed by atoms with Gasteiger partial charge in [-0.15, -0.1) is 0 Å². The summed E-state index contributed by atoms with van der Waals surface area (Å²) in [4.78, 5) is 21.9. The number of pyridine rings is 1. The molecular formula is C8H8ClNO3. The monoisotopic (exact) mass is 201 g/mol. The number of aryl methyl sites for hydroxylation is 1. The van der Waals surface area contributed by atoms with Crippen molar-refractivity contribution in [1.29, 1.82) is 0 Å². The summed E-state index contributed by atoms with van der Waals surface area (Å²) in [5.74, 6) is -1.25. The number of nitrogens with zero attached hydrogens (tertiary/aromatic N) is 1. The van der Waals surface area contributed by atoms with Crippen LogP contribution in [0.2, 0.25) is 5.02 Å². The molecule has 0 aromatic carbocycles. The number of carboxylic acid groups (broad SMARTS) is 1. The van der Waals surface area contributed by atoms with Crippen LogP contribution in [0, 0.1) is 0 Å². The molecule has 0 saturated carbocycles. The van der Waals surface area contributed by atoms with Crippen LogP contribution in [0.5, 0.6) is 0 Å². The largest absolute Gasteiger partial charge is 0.477 e. The van der Waals surface area contributed by atoms with Crippen LogP contribution < -0.4 is 5.56 Å². The molecule has 0 spiro atoms. The fourth-order valence-corrected chi connectivity index (χ4v) is 1.21. The summed E-state index contributed by atoms with van der Waals surface area (Å²) in [6, 6.07) is 1.15. The molecule has 0 unspecified atom stereocenters. The summed E-state index contributed by atoms with van der Waals surface area (Å²) < 4.78 is 1.26. The van der Waals surface area contributed by atoms with Gasteiger partial charge in [0.05, 0.1) is 5.02 Å². The first-order valence-electron chi connectivity index (χ1n) is 3.69. The Kier molecular flexibility index (Phi) is 2.72. The first-order chi connectivity index (χ1) is 6.06. The van der Waals surface area contributed by atoms with Crippen molar-refractivity contribution in [2.75, 3.05) is 0 Å². The maximum atomic E-state index is 11.3. The number of hydrogen-bond donors (Lipinski definition) is 1. The Hall–Kier alpha value is -1.29. The van der Waals surface area contributed by atoms with Crippen LogP contribution in [0.15, 0.2) is 17.1 Å². The molecule has 0 bridgehead atoms. The van der Waals surface area contributed by atoms with E-state index in [-0.39, 0.29) is 10.6 Å². The third-order valence-electron chi connectivity index (χ3n) is 1.62. The number of rotatable bonds is 2. The van der Waals surface area contributed by atoms with Crippen molar-refractivity contribution in [3.8, 4) is 0 Å². The average molecular weight is 202 g/mol. The molecule has 0 atom stereocenters. The van der Waals surface area contributed by atoms with Gasteiger partial charge in [0.25, 0.3) is 5.56 Å². The Morgan fingerprint density at radius 3 is 2.77 bits per heavy atom. The maximum absolute atomic E-state index is 11.3. The Morgan fingerprint density at radius 2 is 2.31 bits per heavy atom. The van der Waals surface area contributed by atoms with Crippen molar-refractivity contribution in [3.63, 3.8) is 0 Å². The molecule has 13 heavy (non-hydrogen) atoms. The number of carboxylic acids is 1. The Balaban J connectivity index is 3.45. The van der Waals surface area contributed by atoms with Gasteiger partial charge >= 0.3 is 5.97 Å². The Labute approximate surface area is 79.4 Å². The lowest BCUT2D eigenvalue weighted by atomic mass is 10.3. The lowest BCUT2D eigenvalue weighted by Crippen LogP contribution is -2.25. The van der Waals surface area contributed by atoms with Crippen LogP contribution in [0.3, 0.4) is 0 Å². The molecule has 0 fully saturated rings. The highest BCUT2D eigenvalue weighted by Crippen LogP contribution is 2.07. The second-order valence-electron chi connectivity index (χ2n) is 2.47. The van der Waals surface area contributed by atoms with Gasteiger partial charge in [0.2, 0.25) is 0 Å². The van der Waals surface area contributed by atoms with Crippen molar-refractivity contribution < 1.29 is 9.90 Å². The highest BCUT2D eigenvalue weighted by Gasteiger charge is 2.11. The van der Waals surface area contributed by atoms with E-state index < -0.39 is 11.5 Å². The molecule has 1 N–H and O–H groups in total. The molecule has 0 aliphatic rings. The van der Waals surface area contributed by atoms with Crippen molar-refractivity contribution >= 4 is 17.6 Å². The molecule has 0 amide bonds. The standard InChI is InChI=1S/C8H8ClNO3/c1-2-10-4-5(9)3-6(7(10)11)8(12)13/h3-4H,2H2,1H3,(H,12,13). The first kappa shape index (κ1) is 9.80. The molecule has 70 valence electrons. The zero-order valence-electron chi connectivity index (χ0n) is 6.95. The third-order valence-corrected chi connectivity index (χ3v) is 1.83. The molecule has 5 heteroatoms. The molecule has 0 aliphatic carbocycles. The normalized spacial score (nSPS) is 10.0. The summed E-state index contributed by atoms with van der Waals surface area (Å²) in [5.41, 5.74) is -0.825. The van der Waals surface area contributed by atoms with Gasteiger partial charge in [0.15, 0.2) is 0 Å². The van der Waals surface area contributed by atoms with E-state index >= 15 is 0 Å². The quantitative estimate of drug-likeness (QED) is 0.783. The van der Waals surface area contributed by atoms with E-state index in [1.807, 2.05) is 0 Å². The van der Waals surface area contributed by atoms with Gasteiger partial charge in [0, 0.05) is 12.7 Å². The topological polar surface area (TPSA) is 59.3 Å². The summed E-state index contributed by atoms with van der Waals surface area (Å²) in [6.45, 7) is 2.14. The van der Waals surface area contributed by atoms with Crippen molar-refractivity contribution in [2.45, 2.75) is 13.5 Å². The van der Waals surface area contributed by atoms with Crippen LogP contribution in [0.1, 0.15) is 17.3 Å². The molecule has 0 aliphatic heterocycles. The number of carbonyl (C=O) groups is 1. The molecule has 1 aromatic rings. The van der Waals surface area contributed by atoms with Crippen molar-refractivity contribution in [3.05, 3.63) is 33.2 Å². The highest BCUT2D eigenvalue weighted by molar-refractivity contribution is 6.30. The van der Waals surface area contributed by atoms with E-state index in [4.69, 9.17) is 16.7 Å². The van der Waals surface area contributed by atoms with Gasteiger partial charge in [-0.3, -0.25) is 4.79 Å². The molecule has 1 rings (SSSR count). The van der Waals surface area contributed by atoms with Gasteiger partial charge in [-0.1, -0.05) is 11.6 Å². The fraction of sp³-hybridized carbons (Fsp3) is 0.250. The number of halogens is 1. The number of aromatic carboxylic acids is 1. The molecule has 0 radical (unpaired) electrons. The van der Waals surface area contributed by atoms with E-state index in [1.54, 1.807) is 6.92 Å². The Bertz CT molecular complexity index is 397. The lowest BCUT2D eigenvalue weighted by Gasteiger charge is -2.03. The van der Waals surface area contributed by atoms with Crippen LogP contribution in [0.25, 0.3) is 0 Å². The highest BCUT2D eigenvalue weighted by atomic mass is 35.5. The molecule has 1 heterocycles. The first-order valence-corrected chi connectivity index (χ1v) is 4.07. The minimum Gasteiger partial charge on any atom is -0.477 e. The predicted molar refractivity (Wildman–Crippen MR) is 48.3 cm³/mol. The van der Waals surface area contributed by atoms with Gasteiger partial charge in [-0.25, -0.2) is 4.79 Å². The van der Waals surface area contributed by atoms with Gasteiger partial charge in [-0.05, 0) is 13.0 Å². The molecule has 1 aromatic heterocycles. The van der Waals surface area contributed by atoms with Gasteiger partial charge < -0.3 is 9.67 Å². The van der Waals surface area contributed by atoms with Gasteiger partial charge in [0.1, 0.15) is 5.56 Å². The van der Waals surface area contributed by atoms with Crippen molar-refractivity contribution in [1.82, 2.24) is 4.57 Å². The second-order valence-corrected chi connectivity index (χ2v) is 2.90. The summed E-state index contributed by atoms with van der Waals surface area (Å²) in [6.07, 6.45) is 1.41. The third kappa shape index (κ3) is 1.89. The molecule has 4 nitrogen and oxygen atoms in total. The summed E-state index contributed by atoms with van der Waals surface area (Å²) in [5, 5.41) is 8.89. The summed E-state index contributed by atoms with van der Waals surface area (Å²) in [7, 11) is 0. The van der Waals surface area contributed by atoms with Crippen LogP contribution >= 0.6 is 11.6 Å². The minimum atomic E-state index is -1.25. The van der Waals surface area contributed by atoms with E-state index in [1.165, 1.54) is 10.8 Å². The SMILES string of the molecule is CCn1cc(Cl)cc(C(=O)O)c1=O. The zero-order chi connectivity index (χ0) is 10.0. The lowest BCUT2D eigenvalue weighted by molar-refractivity contribution is 0.0694. The average Bonchev–Trinajstić information content (AvgIpc) is 2.08. The zero-order valence-corrected chi connectivity index (χ0v) is 7.71. The second kappa shape index (κ2) is 3.62. The van der Waals surface area contributed by atoms with E-state index in [9.17, 15) is 9.59 Å². The number of hydrogen-bond acceptors (Lipinski definition) is 2. The van der Waals surface area contributed by atoms with Crippen molar-refractivity contribution in [2.24, 2.45) is 0 Å². The van der Waals surface area contributed by atoms with Crippen LogP contribution in [-0.4, -0.2) is 15.6 Å². The predicted octanol–water partition coefficient (Wildman–Crippen LogP) is 1.22. The molecule has 0 saturated heterocycles. The summed E-state index contributed by atoms with van der Waals surface area (Å²) >= 11 is 5.62. The maximum Gasteiger partial charge on any atom is 0.341 e. The van der Waals surface area contributed by atoms with E-state index in [0.29, 0.717) is 6.54 Å². The van der Waals surface area contributed by atoms with Gasteiger partial charge in [-0.2, -0.15) is 0 Å². The smallest absolute Gasteiger partial charge is 0.341 e. The Morgan fingerprint density at radius 1 is 1.69 bits per heavy atom. The van der Waals surface area contributed by atoms with E-state index in [2.05, 4.69) is 0 Å². The van der Waals surface area contributed by atoms with E-state index in [0.717, 1.165) is 6.07 Å². The van der Waals surface area contributed by atoms with Crippen LogP contribution in [-0.2, 0) is 6.54 Å². The fourth-order valence-electron chi connectivity index (χ4n) is 0.987. The molecular weight excluding hydrogens is 194 g/mol.